The molecule has 1 saturated heterocycles. The topological polar surface area (TPSA) is 115 Å². The van der Waals surface area contributed by atoms with Crippen LogP contribution in [-0.2, 0) is 11.8 Å². The molecular weight excluding hydrogens is 572 g/mol. The highest BCUT2D eigenvalue weighted by Gasteiger charge is 2.58. The van der Waals surface area contributed by atoms with Crippen LogP contribution in [0.5, 0.6) is 5.75 Å². The van der Waals surface area contributed by atoms with Crippen molar-refractivity contribution in [1.29, 1.82) is 0 Å². The number of anilines is 1. The quantitative estimate of drug-likeness (QED) is 0.416. The van der Waals surface area contributed by atoms with Gasteiger partial charge in [0.25, 0.3) is 11.8 Å². The summed E-state index contributed by atoms with van der Waals surface area (Å²) in [4.78, 5) is 43.9. The van der Waals surface area contributed by atoms with E-state index in [1.165, 1.54) is 55.3 Å². The number of hydrogen-bond acceptors (Lipinski definition) is 6. The van der Waals surface area contributed by atoms with Gasteiger partial charge < -0.3 is 29.6 Å². The summed E-state index contributed by atoms with van der Waals surface area (Å²) in [6.45, 7) is 6.47. The Balaban J connectivity index is 1.20. The van der Waals surface area contributed by atoms with Crippen molar-refractivity contribution in [2.24, 2.45) is 18.9 Å². The molecule has 3 amide bonds. The van der Waals surface area contributed by atoms with Crippen molar-refractivity contribution >= 4 is 35.2 Å². The van der Waals surface area contributed by atoms with Gasteiger partial charge in [0, 0.05) is 49.3 Å². The fourth-order valence-electron chi connectivity index (χ4n) is 5.17. The van der Waals surface area contributed by atoms with E-state index in [1.807, 2.05) is 20.8 Å². The van der Waals surface area contributed by atoms with Crippen LogP contribution in [0, 0.1) is 23.5 Å². The third kappa shape index (κ3) is 5.63. The lowest BCUT2D eigenvalue weighted by molar-refractivity contribution is 0.0269. The second-order valence-corrected chi connectivity index (χ2v) is 11.7. The Labute approximate surface area is 245 Å². The van der Waals surface area contributed by atoms with Crippen LogP contribution >= 0.6 is 11.6 Å². The minimum Gasteiger partial charge on any atom is -0.494 e. The highest BCUT2D eigenvalue weighted by atomic mass is 35.5. The summed E-state index contributed by atoms with van der Waals surface area (Å²) >= 11 is 6.39. The molecule has 1 aliphatic heterocycles. The molecule has 0 spiro atoms. The summed E-state index contributed by atoms with van der Waals surface area (Å²) in [5.41, 5.74) is 0.0720. The van der Waals surface area contributed by atoms with Gasteiger partial charge in [-0.1, -0.05) is 11.6 Å². The Hall–Kier alpha value is -4.19. The molecule has 13 heteroatoms. The summed E-state index contributed by atoms with van der Waals surface area (Å²) in [5.74, 6) is -3.23. The van der Waals surface area contributed by atoms with Crippen molar-refractivity contribution < 1.29 is 32.6 Å². The van der Waals surface area contributed by atoms with Crippen LogP contribution in [0.15, 0.2) is 36.5 Å². The van der Waals surface area contributed by atoms with Gasteiger partial charge in [-0.15, -0.1) is 0 Å². The van der Waals surface area contributed by atoms with Crippen LogP contribution in [0.2, 0.25) is 5.02 Å². The number of fused-ring (bicyclic) bond motifs is 1. The lowest BCUT2D eigenvalue weighted by Gasteiger charge is -2.26. The summed E-state index contributed by atoms with van der Waals surface area (Å²) in [6, 6.07) is 7.03. The molecule has 2 N–H and O–H groups in total. The number of nitrogens with zero attached hydrogens (tertiary/aromatic N) is 3. The van der Waals surface area contributed by atoms with Crippen molar-refractivity contribution in [2.75, 3.05) is 25.5 Å². The molecular formula is C29H30ClF2N5O5. The Morgan fingerprint density at radius 1 is 1.05 bits per heavy atom. The first-order valence-electron chi connectivity index (χ1n) is 13.2. The van der Waals surface area contributed by atoms with Crippen molar-refractivity contribution in [3.8, 4) is 17.0 Å². The molecule has 3 aromatic rings. The molecule has 222 valence electrons. The monoisotopic (exact) mass is 601 g/mol. The van der Waals surface area contributed by atoms with Gasteiger partial charge in [-0.25, -0.2) is 14.2 Å². The van der Waals surface area contributed by atoms with Crippen LogP contribution in [0.1, 0.15) is 41.7 Å². The number of amides is 3. The molecule has 2 fully saturated rings. The molecule has 42 heavy (non-hydrogen) atoms. The lowest BCUT2D eigenvalue weighted by Crippen LogP contribution is -2.40. The van der Waals surface area contributed by atoms with Crippen molar-refractivity contribution in [2.45, 2.75) is 32.4 Å². The van der Waals surface area contributed by atoms with E-state index in [1.54, 1.807) is 4.90 Å². The lowest BCUT2D eigenvalue weighted by atomic mass is 10.1. The molecule has 10 nitrogen and oxygen atoms in total. The standard InChI is InChI=1S/C29H30ClF2N5O5/c1-29(2,3)42-28(40)37-12-17-18(13-37)24(17)35-26(38)15-7-6-14(10-19(15)30)34-27(39)25-33-11-20(36(25)4)16-8-9-21(41-5)23(32)22(16)31/h6-11,17-18,24H,12-13H2,1-5H3,(H,34,39)(H,35,38)/t17-,18+,24?. The first-order valence-corrected chi connectivity index (χ1v) is 13.6. The number of likely N-dealkylation sites (tertiary alicyclic amines) is 1. The number of ether oxygens (including phenoxy) is 2. The number of methoxy groups -OCH3 is 1. The highest BCUT2D eigenvalue weighted by molar-refractivity contribution is 6.34. The molecule has 5 rings (SSSR count). The zero-order valence-corrected chi connectivity index (χ0v) is 24.4. The average Bonchev–Trinajstić information content (AvgIpc) is 3.22. The van der Waals surface area contributed by atoms with Crippen LogP contribution in [0.25, 0.3) is 11.3 Å². The minimum atomic E-state index is -1.14. The molecule has 1 aromatic heterocycles. The smallest absolute Gasteiger partial charge is 0.410 e. The normalized spacial score (nSPS) is 19.2. The van der Waals surface area contributed by atoms with E-state index in [4.69, 9.17) is 21.1 Å². The minimum absolute atomic E-state index is 0.0562. The Bertz CT molecular complexity index is 1580. The number of nitrogens with one attached hydrogen (secondary N) is 2. The van der Waals surface area contributed by atoms with Gasteiger partial charge >= 0.3 is 6.09 Å². The third-order valence-electron chi connectivity index (χ3n) is 7.35. The number of carbonyl (C=O) groups is 3. The zero-order chi connectivity index (χ0) is 30.5. The zero-order valence-electron chi connectivity index (χ0n) is 23.6. The maximum absolute atomic E-state index is 14.6. The van der Waals surface area contributed by atoms with Gasteiger partial charge in [0.15, 0.2) is 17.4 Å². The Morgan fingerprint density at radius 2 is 1.74 bits per heavy atom. The van der Waals surface area contributed by atoms with E-state index in [0.29, 0.717) is 18.8 Å². The summed E-state index contributed by atoms with van der Waals surface area (Å²) in [7, 11) is 2.73. The first-order chi connectivity index (χ1) is 19.8. The van der Waals surface area contributed by atoms with Crippen LogP contribution in [0.4, 0.5) is 19.3 Å². The number of halogens is 3. The van der Waals surface area contributed by atoms with Gasteiger partial charge in [0.2, 0.25) is 5.82 Å². The first kappa shape index (κ1) is 29.3. The predicted molar refractivity (Wildman–Crippen MR) is 151 cm³/mol. The van der Waals surface area contributed by atoms with Gasteiger partial charge in [-0.3, -0.25) is 9.59 Å². The van der Waals surface area contributed by atoms with Crippen molar-refractivity contribution in [1.82, 2.24) is 19.8 Å². The number of imidazole rings is 1. The van der Waals surface area contributed by atoms with Crippen molar-refractivity contribution in [3.05, 3.63) is 64.6 Å². The molecule has 1 saturated carbocycles. The summed E-state index contributed by atoms with van der Waals surface area (Å²) < 4.78 is 40.4. The van der Waals surface area contributed by atoms with Gasteiger partial charge in [-0.05, 0) is 51.1 Å². The third-order valence-corrected chi connectivity index (χ3v) is 7.66. The number of carbonyl (C=O) groups excluding carboxylic acids is 3. The number of aromatic nitrogens is 2. The average molecular weight is 602 g/mol. The second-order valence-electron chi connectivity index (χ2n) is 11.3. The Morgan fingerprint density at radius 3 is 2.36 bits per heavy atom. The molecule has 1 unspecified atom stereocenters. The van der Waals surface area contributed by atoms with E-state index in [9.17, 15) is 23.2 Å². The maximum atomic E-state index is 14.6. The van der Waals surface area contributed by atoms with E-state index in [2.05, 4.69) is 15.6 Å². The van der Waals surface area contributed by atoms with Crippen LogP contribution in [-0.4, -0.2) is 64.2 Å². The van der Waals surface area contributed by atoms with E-state index >= 15 is 0 Å². The largest absolute Gasteiger partial charge is 0.494 e. The van der Waals surface area contributed by atoms with E-state index < -0.39 is 23.1 Å². The summed E-state index contributed by atoms with van der Waals surface area (Å²) in [5, 5.41) is 5.76. The molecule has 2 heterocycles. The molecule has 0 radical (unpaired) electrons. The van der Waals surface area contributed by atoms with Crippen LogP contribution in [0.3, 0.4) is 0 Å². The van der Waals surface area contributed by atoms with Crippen molar-refractivity contribution in [3.63, 3.8) is 0 Å². The maximum Gasteiger partial charge on any atom is 0.410 e. The second kappa shape index (κ2) is 10.9. The fraction of sp³-hybridized carbons (Fsp3) is 0.379. The molecule has 2 aliphatic rings. The Kier molecular flexibility index (Phi) is 7.61. The summed E-state index contributed by atoms with van der Waals surface area (Å²) in [6.07, 6.45) is 0.906. The molecule has 0 bridgehead atoms. The molecule has 3 atom stereocenters. The van der Waals surface area contributed by atoms with E-state index in [0.717, 1.165) is 0 Å². The van der Waals surface area contributed by atoms with E-state index in [-0.39, 0.29) is 63.3 Å². The van der Waals surface area contributed by atoms with Gasteiger partial charge in [-0.2, -0.15) is 4.39 Å². The number of benzene rings is 2. The number of hydrogen-bond donors (Lipinski definition) is 2. The fourth-order valence-corrected chi connectivity index (χ4v) is 5.43. The molecule has 2 aromatic carbocycles. The predicted octanol–water partition coefficient (Wildman–Crippen LogP) is 4.87. The SMILES string of the molecule is COc1ccc(-c2cnc(C(=O)Nc3ccc(C(=O)NC4[C@H]5CN(C(=O)OC(C)(C)C)C[C@@H]45)c(Cl)c3)n2C)c(F)c1F. The van der Waals surface area contributed by atoms with Crippen LogP contribution < -0.4 is 15.4 Å². The number of piperidine rings is 1. The molecule has 1 aliphatic carbocycles. The number of rotatable bonds is 6. The highest BCUT2D eigenvalue weighted by Crippen LogP contribution is 2.46. The van der Waals surface area contributed by atoms with Gasteiger partial charge in [0.1, 0.15) is 5.60 Å². The van der Waals surface area contributed by atoms with Gasteiger partial charge in [0.05, 0.1) is 29.6 Å².